The summed E-state index contributed by atoms with van der Waals surface area (Å²) in [4.78, 5) is 18.2. The highest BCUT2D eigenvalue weighted by molar-refractivity contribution is 7.13. The average molecular weight is 286 g/mol. The number of amides is 1. The lowest BCUT2D eigenvalue weighted by atomic mass is 10.3. The second-order valence-electron chi connectivity index (χ2n) is 3.96. The zero-order valence-corrected chi connectivity index (χ0v) is 11.8. The van der Waals surface area contributed by atoms with E-state index in [9.17, 15) is 4.79 Å². The Hall–Kier alpha value is -1.40. The van der Waals surface area contributed by atoms with Crippen molar-refractivity contribution in [3.63, 3.8) is 0 Å². The maximum atomic E-state index is 12.2. The zero-order chi connectivity index (χ0) is 13.3. The van der Waals surface area contributed by atoms with Crippen LogP contribution in [-0.4, -0.2) is 28.0 Å². The Morgan fingerprint density at radius 1 is 1.56 bits per heavy atom. The van der Waals surface area contributed by atoms with Crippen LogP contribution in [0.25, 0.3) is 0 Å². The predicted octanol–water partition coefficient (Wildman–Crippen LogP) is 2.67. The molecule has 2 aromatic rings. The maximum absolute atomic E-state index is 12.2. The van der Waals surface area contributed by atoms with E-state index in [1.807, 2.05) is 12.3 Å². The lowest BCUT2D eigenvalue weighted by molar-refractivity contribution is 0.0774. The molecule has 0 N–H and O–H groups in total. The summed E-state index contributed by atoms with van der Waals surface area (Å²) in [6.07, 6.45) is 0. The van der Waals surface area contributed by atoms with E-state index in [0.29, 0.717) is 21.6 Å². The monoisotopic (exact) mass is 285 g/mol. The van der Waals surface area contributed by atoms with Gasteiger partial charge in [-0.3, -0.25) is 4.79 Å². The van der Waals surface area contributed by atoms with Crippen LogP contribution in [0, 0.1) is 13.8 Å². The highest BCUT2D eigenvalue weighted by Gasteiger charge is 2.20. The molecule has 0 saturated heterocycles. The van der Waals surface area contributed by atoms with Gasteiger partial charge in [-0.1, -0.05) is 16.8 Å². The molecule has 0 saturated carbocycles. The topological polar surface area (TPSA) is 59.2 Å². The average Bonchev–Trinajstić information content (AvgIpc) is 2.87. The van der Waals surface area contributed by atoms with E-state index >= 15 is 0 Å². The van der Waals surface area contributed by atoms with E-state index in [1.165, 1.54) is 16.2 Å². The van der Waals surface area contributed by atoms with Gasteiger partial charge in [-0.2, -0.15) is 4.98 Å². The smallest absolute Gasteiger partial charge is 0.265 e. The van der Waals surface area contributed by atoms with Gasteiger partial charge in [0.25, 0.3) is 5.91 Å². The van der Waals surface area contributed by atoms with Crippen molar-refractivity contribution in [3.05, 3.63) is 32.6 Å². The van der Waals surface area contributed by atoms with Crippen LogP contribution in [-0.2, 0) is 6.54 Å². The van der Waals surface area contributed by atoms with Gasteiger partial charge in [0.2, 0.25) is 5.89 Å². The number of aromatic nitrogens is 2. The maximum Gasteiger partial charge on any atom is 0.265 e. The first-order chi connectivity index (χ1) is 8.49. The number of hydrogen-bond donors (Lipinski definition) is 0. The summed E-state index contributed by atoms with van der Waals surface area (Å²) >= 11 is 7.40. The van der Waals surface area contributed by atoms with Crippen LogP contribution in [0.5, 0.6) is 0 Å². The van der Waals surface area contributed by atoms with Crippen LogP contribution >= 0.6 is 22.9 Å². The van der Waals surface area contributed by atoms with Crippen molar-refractivity contribution >= 4 is 28.8 Å². The molecular formula is C11H12ClN3O2S. The highest BCUT2D eigenvalue weighted by Crippen LogP contribution is 2.28. The molecule has 0 bridgehead atoms. The summed E-state index contributed by atoms with van der Waals surface area (Å²) in [5.41, 5.74) is 0.909. The molecule has 7 heteroatoms. The van der Waals surface area contributed by atoms with Gasteiger partial charge in [0, 0.05) is 7.05 Å². The van der Waals surface area contributed by atoms with Gasteiger partial charge in [0.15, 0.2) is 5.82 Å². The predicted molar refractivity (Wildman–Crippen MR) is 68.9 cm³/mol. The van der Waals surface area contributed by atoms with Crippen LogP contribution in [0.4, 0.5) is 0 Å². The van der Waals surface area contributed by atoms with E-state index in [2.05, 4.69) is 10.1 Å². The molecule has 5 nitrogen and oxygen atoms in total. The first kappa shape index (κ1) is 13.0. The molecule has 96 valence electrons. The van der Waals surface area contributed by atoms with Crippen LogP contribution in [0.1, 0.15) is 27.0 Å². The SMILES string of the molecule is Cc1noc(CN(C)C(=O)c2scc(C)c2Cl)n1. The fourth-order valence-electron chi connectivity index (χ4n) is 1.43. The van der Waals surface area contributed by atoms with Crippen molar-refractivity contribution in [2.45, 2.75) is 20.4 Å². The zero-order valence-electron chi connectivity index (χ0n) is 10.2. The first-order valence-electron chi connectivity index (χ1n) is 5.27. The Bertz CT molecular complexity index is 579. The fourth-order valence-corrected chi connectivity index (χ4v) is 2.69. The van der Waals surface area contributed by atoms with Gasteiger partial charge < -0.3 is 9.42 Å². The van der Waals surface area contributed by atoms with Crippen LogP contribution in [0.3, 0.4) is 0 Å². The molecule has 0 spiro atoms. The van der Waals surface area contributed by atoms with Crippen LogP contribution in [0.15, 0.2) is 9.90 Å². The highest BCUT2D eigenvalue weighted by atomic mass is 35.5. The number of carbonyl (C=O) groups is 1. The summed E-state index contributed by atoms with van der Waals surface area (Å²) in [7, 11) is 1.67. The minimum atomic E-state index is -0.144. The van der Waals surface area contributed by atoms with E-state index in [1.54, 1.807) is 14.0 Å². The van der Waals surface area contributed by atoms with Crippen molar-refractivity contribution in [2.75, 3.05) is 7.05 Å². The molecule has 1 amide bonds. The summed E-state index contributed by atoms with van der Waals surface area (Å²) < 4.78 is 4.97. The van der Waals surface area contributed by atoms with Crippen LogP contribution < -0.4 is 0 Å². The van der Waals surface area contributed by atoms with E-state index in [-0.39, 0.29) is 12.5 Å². The third kappa shape index (κ3) is 2.54. The van der Waals surface area contributed by atoms with Crippen molar-refractivity contribution in [2.24, 2.45) is 0 Å². The number of thiophene rings is 1. The van der Waals surface area contributed by atoms with E-state index in [0.717, 1.165) is 5.56 Å². The van der Waals surface area contributed by atoms with Crippen molar-refractivity contribution in [1.29, 1.82) is 0 Å². The summed E-state index contributed by atoms with van der Waals surface area (Å²) in [5.74, 6) is 0.817. The number of nitrogens with zero attached hydrogens (tertiary/aromatic N) is 3. The second-order valence-corrected chi connectivity index (χ2v) is 5.22. The van der Waals surface area contributed by atoms with E-state index in [4.69, 9.17) is 16.1 Å². The third-order valence-corrected chi connectivity index (χ3v) is 4.07. The number of halogens is 1. The summed E-state index contributed by atoms with van der Waals surface area (Å²) in [6.45, 7) is 3.87. The second kappa shape index (κ2) is 5.07. The molecule has 0 radical (unpaired) electrons. The standard InChI is InChI=1S/C11H12ClN3O2S/c1-6-5-18-10(9(6)12)11(16)15(3)4-8-13-7(2)14-17-8/h5H,4H2,1-3H3. The molecule has 0 aliphatic carbocycles. The van der Waals surface area contributed by atoms with Gasteiger partial charge in [-0.25, -0.2) is 0 Å². The quantitative estimate of drug-likeness (QED) is 0.870. The molecule has 2 rings (SSSR count). The van der Waals surface area contributed by atoms with Crippen molar-refractivity contribution in [1.82, 2.24) is 15.0 Å². The number of rotatable bonds is 3. The molecule has 0 atom stereocenters. The lowest BCUT2D eigenvalue weighted by Crippen LogP contribution is -2.25. The number of hydrogen-bond acceptors (Lipinski definition) is 5. The molecule has 0 aliphatic heterocycles. The number of carbonyl (C=O) groups excluding carboxylic acids is 1. The van der Waals surface area contributed by atoms with Crippen LogP contribution in [0.2, 0.25) is 5.02 Å². The fraction of sp³-hybridized carbons (Fsp3) is 0.364. The Morgan fingerprint density at radius 2 is 2.28 bits per heavy atom. The molecule has 0 aromatic carbocycles. The van der Waals surface area contributed by atoms with Crippen molar-refractivity contribution < 1.29 is 9.32 Å². The van der Waals surface area contributed by atoms with Gasteiger partial charge in [-0.15, -0.1) is 11.3 Å². The molecular weight excluding hydrogens is 274 g/mol. The first-order valence-corrected chi connectivity index (χ1v) is 6.53. The molecule has 0 unspecified atom stereocenters. The number of aryl methyl sites for hydroxylation is 2. The minimum absolute atomic E-state index is 0.144. The Kier molecular flexibility index (Phi) is 3.68. The largest absolute Gasteiger partial charge is 0.337 e. The minimum Gasteiger partial charge on any atom is -0.337 e. The van der Waals surface area contributed by atoms with Gasteiger partial charge in [-0.05, 0) is 24.8 Å². The van der Waals surface area contributed by atoms with Gasteiger partial charge in [0.1, 0.15) is 11.4 Å². The van der Waals surface area contributed by atoms with Crippen molar-refractivity contribution in [3.8, 4) is 0 Å². The Morgan fingerprint density at radius 3 is 2.78 bits per heavy atom. The normalized spacial score (nSPS) is 10.7. The molecule has 2 heterocycles. The third-order valence-electron chi connectivity index (χ3n) is 2.38. The molecule has 2 aromatic heterocycles. The molecule has 0 fully saturated rings. The Labute approximate surface area is 113 Å². The van der Waals surface area contributed by atoms with Gasteiger partial charge >= 0.3 is 0 Å². The van der Waals surface area contributed by atoms with Gasteiger partial charge in [0.05, 0.1) is 5.02 Å². The Balaban J connectivity index is 2.12. The lowest BCUT2D eigenvalue weighted by Gasteiger charge is -2.13. The summed E-state index contributed by atoms with van der Waals surface area (Å²) in [6, 6.07) is 0. The summed E-state index contributed by atoms with van der Waals surface area (Å²) in [5, 5.41) is 6.05. The molecule has 18 heavy (non-hydrogen) atoms. The molecule has 0 aliphatic rings. The van der Waals surface area contributed by atoms with E-state index < -0.39 is 0 Å².